The van der Waals surface area contributed by atoms with Gasteiger partial charge in [0.15, 0.2) is 0 Å². The van der Waals surface area contributed by atoms with Crippen LogP contribution in [0.1, 0.15) is 98.4 Å². The van der Waals surface area contributed by atoms with Gasteiger partial charge in [0.25, 0.3) is 0 Å². The molecular formula is C32H56N4O8. The number of hydrogen-bond donors (Lipinski definition) is 3. The monoisotopic (exact) mass is 624 g/mol. The topological polar surface area (TPSA) is 173 Å². The van der Waals surface area contributed by atoms with Gasteiger partial charge in [0.1, 0.15) is 23.1 Å². The first-order valence-corrected chi connectivity index (χ1v) is 15.0. The van der Waals surface area contributed by atoms with Crippen LogP contribution < -0.4 is 16.8 Å². The van der Waals surface area contributed by atoms with Gasteiger partial charge in [-0.15, -0.1) is 0 Å². The van der Waals surface area contributed by atoms with Crippen molar-refractivity contribution in [2.24, 2.45) is 11.5 Å². The number of nitrogens with two attached hydrogens (primary N) is 2. The lowest BCUT2D eigenvalue weighted by molar-refractivity contribution is -0.0294. The Balaban J connectivity index is 0.000000585. The molecule has 0 aromatic heterocycles. The Morgan fingerprint density at radius 3 is 1.45 bits per heavy atom. The van der Waals surface area contributed by atoms with Gasteiger partial charge >= 0.3 is 18.4 Å². The fourth-order valence-electron chi connectivity index (χ4n) is 3.39. The van der Waals surface area contributed by atoms with E-state index in [0.29, 0.717) is 6.04 Å². The molecular weight excluding hydrogens is 568 g/mol. The van der Waals surface area contributed by atoms with E-state index in [0.717, 1.165) is 63.7 Å². The van der Waals surface area contributed by atoms with E-state index in [9.17, 15) is 19.2 Å². The Bertz CT molecular complexity index is 945. The highest BCUT2D eigenvalue weighted by molar-refractivity contribution is 5.77. The van der Waals surface area contributed by atoms with Crippen LogP contribution in [0.15, 0.2) is 30.3 Å². The lowest BCUT2D eigenvalue weighted by atomic mass is 10.1. The number of carbonyl (C=O) groups excluding carboxylic acids is 4. The quantitative estimate of drug-likeness (QED) is 0.158. The zero-order chi connectivity index (χ0) is 34.0. The molecule has 3 rings (SSSR count). The molecule has 252 valence electrons. The van der Waals surface area contributed by atoms with Crippen LogP contribution >= 0.6 is 0 Å². The molecule has 0 bridgehead atoms. The normalized spacial score (nSPS) is 15.8. The third-order valence-corrected chi connectivity index (χ3v) is 5.46. The SMILES string of the molecule is CC(C)(C)OC(=O)N1CCC(N)CC1.CC(C)(C)OC(=O)OC(=O)OC(C)(C)C.NC1CCNCC1.O=Cc1ccccc1. The number of amides is 1. The molecule has 1 aromatic carbocycles. The lowest BCUT2D eigenvalue weighted by Gasteiger charge is -2.32. The average Bonchev–Trinajstić information content (AvgIpc) is 2.88. The van der Waals surface area contributed by atoms with E-state index in [2.05, 4.69) is 10.1 Å². The predicted octanol–water partition coefficient (Wildman–Crippen LogP) is 5.41. The van der Waals surface area contributed by atoms with Crippen LogP contribution in [0, 0.1) is 0 Å². The molecule has 12 nitrogen and oxygen atoms in total. The number of benzene rings is 1. The van der Waals surface area contributed by atoms with Gasteiger partial charge < -0.3 is 40.6 Å². The number of hydrogen-bond acceptors (Lipinski definition) is 11. The van der Waals surface area contributed by atoms with E-state index in [4.69, 9.17) is 25.7 Å². The van der Waals surface area contributed by atoms with Crippen molar-refractivity contribution in [3.05, 3.63) is 35.9 Å². The molecule has 2 heterocycles. The summed E-state index contributed by atoms with van der Waals surface area (Å²) in [6.45, 7) is 19.3. The third-order valence-electron chi connectivity index (χ3n) is 5.46. The van der Waals surface area contributed by atoms with Gasteiger partial charge in [-0.25, -0.2) is 14.4 Å². The number of piperidine rings is 2. The molecule has 2 aliphatic heterocycles. The molecule has 0 spiro atoms. The molecule has 2 saturated heterocycles. The summed E-state index contributed by atoms with van der Waals surface area (Å²) in [6, 6.07) is 9.82. The Hall–Kier alpha value is -3.22. The fourth-order valence-corrected chi connectivity index (χ4v) is 3.39. The fraction of sp³-hybridized carbons (Fsp3) is 0.688. The molecule has 2 fully saturated rings. The molecule has 44 heavy (non-hydrogen) atoms. The van der Waals surface area contributed by atoms with Gasteiger partial charge in [-0.1, -0.05) is 30.3 Å². The maximum atomic E-state index is 11.6. The highest BCUT2D eigenvalue weighted by Crippen LogP contribution is 2.14. The Morgan fingerprint density at radius 2 is 1.14 bits per heavy atom. The molecule has 0 atom stereocenters. The number of nitrogens with zero attached hydrogens (tertiary/aromatic N) is 1. The molecule has 1 amide bonds. The lowest BCUT2D eigenvalue weighted by Crippen LogP contribution is -2.44. The number of carbonyl (C=O) groups is 4. The summed E-state index contributed by atoms with van der Waals surface area (Å²) in [4.78, 5) is 45.3. The largest absolute Gasteiger partial charge is 0.519 e. The highest BCUT2D eigenvalue weighted by Gasteiger charge is 2.26. The Morgan fingerprint density at radius 1 is 0.727 bits per heavy atom. The minimum absolute atomic E-state index is 0.218. The first kappa shape index (κ1) is 40.8. The second-order valence-corrected chi connectivity index (χ2v) is 13.5. The van der Waals surface area contributed by atoms with Crippen molar-refractivity contribution in [2.45, 2.75) is 117 Å². The zero-order valence-electron chi connectivity index (χ0n) is 28.1. The van der Waals surface area contributed by atoms with E-state index >= 15 is 0 Å². The van der Waals surface area contributed by atoms with Crippen molar-refractivity contribution in [1.82, 2.24) is 10.2 Å². The van der Waals surface area contributed by atoms with Crippen LogP contribution in [-0.2, 0) is 18.9 Å². The molecule has 1 aromatic rings. The summed E-state index contributed by atoms with van der Waals surface area (Å²) in [5.74, 6) is 0. The summed E-state index contributed by atoms with van der Waals surface area (Å²) in [7, 11) is 0. The van der Waals surface area contributed by atoms with Gasteiger partial charge in [0.2, 0.25) is 0 Å². The number of ether oxygens (including phenoxy) is 4. The van der Waals surface area contributed by atoms with E-state index in [1.807, 2.05) is 39.0 Å². The number of nitrogens with one attached hydrogen (secondary N) is 1. The minimum atomic E-state index is -1.06. The standard InChI is InChI=1S/C10H20N2O2.C10H18O5.C7H6O.C5H12N2/c1-10(2,3)14-9(13)12-6-4-8(11)5-7-12;1-9(2,3)14-7(11)13-8(12)15-10(4,5)6;8-6-7-4-2-1-3-5-7;6-5-1-3-7-4-2-5/h8H,4-7,11H2,1-3H3;1-6H3;1-6H;5,7H,1-4,6H2. The summed E-state index contributed by atoms with van der Waals surface area (Å²) in [5, 5.41) is 3.24. The van der Waals surface area contributed by atoms with Gasteiger partial charge in [-0.3, -0.25) is 4.79 Å². The summed E-state index contributed by atoms with van der Waals surface area (Å²) >= 11 is 0. The van der Waals surface area contributed by atoms with Gasteiger partial charge in [-0.05, 0) is 101 Å². The van der Waals surface area contributed by atoms with Crippen LogP contribution in [0.2, 0.25) is 0 Å². The summed E-state index contributed by atoms with van der Waals surface area (Å²) in [6.07, 6.45) is 2.55. The molecule has 0 unspecified atom stereocenters. The van der Waals surface area contributed by atoms with Crippen molar-refractivity contribution >= 4 is 24.7 Å². The van der Waals surface area contributed by atoms with E-state index in [1.165, 1.54) is 0 Å². The van der Waals surface area contributed by atoms with E-state index < -0.39 is 29.1 Å². The van der Waals surface area contributed by atoms with Gasteiger partial charge in [0.05, 0.1) is 0 Å². The highest BCUT2D eigenvalue weighted by atomic mass is 16.8. The van der Waals surface area contributed by atoms with Crippen molar-refractivity contribution in [2.75, 3.05) is 26.2 Å². The zero-order valence-corrected chi connectivity index (χ0v) is 28.1. The maximum absolute atomic E-state index is 11.6. The van der Waals surface area contributed by atoms with E-state index in [-0.39, 0.29) is 12.1 Å². The Labute approximate surface area is 263 Å². The van der Waals surface area contributed by atoms with Crippen LogP contribution in [0.25, 0.3) is 0 Å². The first-order valence-electron chi connectivity index (χ1n) is 15.0. The smallest absolute Gasteiger partial charge is 0.444 e. The summed E-state index contributed by atoms with van der Waals surface area (Å²) < 4.78 is 19.1. The van der Waals surface area contributed by atoms with Crippen LogP contribution in [0.5, 0.6) is 0 Å². The minimum Gasteiger partial charge on any atom is -0.444 e. The molecule has 2 aliphatic rings. The molecule has 0 radical (unpaired) electrons. The molecule has 12 heteroatoms. The van der Waals surface area contributed by atoms with Crippen LogP contribution in [0.4, 0.5) is 14.4 Å². The second-order valence-electron chi connectivity index (χ2n) is 13.5. The van der Waals surface area contributed by atoms with Crippen molar-refractivity contribution in [3.8, 4) is 0 Å². The maximum Gasteiger partial charge on any atom is 0.519 e. The molecule has 0 saturated carbocycles. The number of likely N-dealkylation sites (tertiary alicyclic amines) is 1. The molecule has 5 N–H and O–H groups in total. The predicted molar refractivity (Wildman–Crippen MR) is 170 cm³/mol. The average molecular weight is 625 g/mol. The van der Waals surface area contributed by atoms with Crippen molar-refractivity contribution < 1.29 is 38.1 Å². The van der Waals surface area contributed by atoms with Gasteiger partial charge in [0, 0.05) is 30.7 Å². The Kier molecular flexibility index (Phi) is 18.5. The molecule has 0 aliphatic carbocycles. The van der Waals surface area contributed by atoms with Crippen LogP contribution in [-0.4, -0.2) is 84.7 Å². The summed E-state index contributed by atoms with van der Waals surface area (Å²) in [5.41, 5.74) is 10.3. The number of aldehydes is 1. The third kappa shape index (κ3) is 24.2. The first-order chi connectivity index (χ1) is 20.2. The van der Waals surface area contributed by atoms with Gasteiger partial charge in [-0.2, -0.15) is 0 Å². The van der Waals surface area contributed by atoms with E-state index in [1.54, 1.807) is 58.6 Å². The second kappa shape index (κ2) is 19.9. The van der Waals surface area contributed by atoms with Crippen LogP contribution in [0.3, 0.4) is 0 Å². The van der Waals surface area contributed by atoms with Crippen molar-refractivity contribution in [3.63, 3.8) is 0 Å². The van der Waals surface area contributed by atoms with Crippen molar-refractivity contribution in [1.29, 1.82) is 0 Å². The number of rotatable bonds is 1.